The number of hydrogen-bond donors (Lipinski definition) is 2. The number of aromatic nitrogens is 1. The van der Waals surface area contributed by atoms with E-state index in [1.165, 1.54) is 6.20 Å². The molecule has 128 valence electrons. The van der Waals surface area contributed by atoms with Gasteiger partial charge in [-0.3, -0.25) is 9.78 Å². The quantitative estimate of drug-likeness (QED) is 0.728. The zero-order chi connectivity index (χ0) is 18.5. The van der Waals surface area contributed by atoms with Gasteiger partial charge in [-0.05, 0) is 67.4 Å². The number of nitrogens with one attached hydrogen (secondary N) is 2. The maximum atomic E-state index is 12.5. The highest BCUT2D eigenvalue weighted by molar-refractivity contribution is 6.04. The van der Waals surface area contributed by atoms with E-state index in [1.807, 2.05) is 26.0 Å². The van der Waals surface area contributed by atoms with E-state index in [1.54, 1.807) is 36.5 Å². The SMILES string of the molecule is Cc1cc(C)cc(NC(=O)c2cncc(Nc3ccc(C#N)cc3)c2)c1. The topological polar surface area (TPSA) is 77.8 Å². The average Bonchev–Trinajstić information content (AvgIpc) is 2.62. The summed E-state index contributed by atoms with van der Waals surface area (Å²) in [6, 6.07) is 16.8. The molecule has 0 radical (unpaired) electrons. The largest absolute Gasteiger partial charge is 0.354 e. The molecule has 2 N–H and O–H groups in total. The summed E-state index contributed by atoms with van der Waals surface area (Å²) >= 11 is 0. The molecule has 5 nitrogen and oxygen atoms in total. The predicted molar refractivity (Wildman–Crippen MR) is 103 cm³/mol. The summed E-state index contributed by atoms with van der Waals surface area (Å²) in [4.78, 5) is 16.6. The Labute approximate surface area is 152 Å². The van der Waals surface area contributed by atoms with E-state index in [4.69, 9.17) is 5.26 Å². The van der Waals surface area contributed by atoms with Crippen LogP contribution in [-0.2, 0) is 0 Å². The highest BCUT2D eigenvalue weighted by atomic mass is 16.1. The van der Waals surface area contributed by atoms with Crippen molar-refractivity contribution in [3.05, 3.63) is 83.2 Å². The Kier molecular flexibility index (Phi) is 4.95. The Balaban J connectivity index is 1.75. The van der Waals surface area contributed by atoms with E-state index in [9.17, 15) is 4.79 Å². The molecule has 0 aliphatic carbocycles. The number of pyridine rings is 1. The number of carbonyl (C=O) groups excluding carboxylic acids is 1. The van der Waals surface area contributed by atoms with Gasteiger partial charge >= 0.3 is 0 Å². The number of amides is 1. The fourth-order valence-corrected chi connectivity index (χ4v) is 2.68. The molecule has 0 spiro atoms. The van der Waals surface area contributed by atoms with Crippen LogP contribution in [0.15, 0.2) is 60.9 Å². The monoisotopic (exact) mass is 342 g/mol. The van der Waals surface area contributed by atoms with Crippen molar-refractivity contribution < 1.29 is 4.79 Å². The third-order valence-corrected chi connectivity index (χ3v) is 3.78. The Bertz CT molecular complexity index is 967. The lowest BCUT2D eigenvalue weighted by Gasteiger charge is -2.10. The molecule has 26 heavy (non-hydrogen) atoms. The normalized spacial score (nSPS) is 10.0. The molecule has 1 aromatic heterocycles. The van der Waals surface area contributed by atoms with E-state index in [2.05, 4.69) is 27.8 Å². The van der Waals surface area contributed by atoms with Crippen LogP contribution in [0.5, 0.6) is 0 Å². The molecule has 3 rings (SSSR count). The van der Waals surface area contributed by atoms with Crippen LogP contribution in [0.3, 0.4) is 0 Å². The molecule has 0 atom stereocenters. The van der Waals surface area contributed by atoms with Gasteiger partial charge in [0.15, 0.2) is 0 Å². The minimum Gasteiger partial charge on any atom is -0.354 e. The van der Waals surface area contributed by atoms with Crippen molar-refractivity contribution in [2.75, 3.05) is 10.6 Å². The van der Waals surface area contributed by atoms with Crippen molar-refractivity contribution in [2.24, 2.45) is 0 Å². The van der Waals surface area contributed by atoms with Gasteiger partial charge in [-0.2, -0.15) is 5.26 Å². The van der Waals surface area contributed by atoms with Gasteiger partial charge in [-0.15, -0.1) is 0 Å². The molecule has 5 heteroatoms. The number of nitriles is 1. The van der Waals surface area contributed by atoms with Crippen LogP contribution in [-0.4, -0.2) is 10.9 Å². The molecule has 0 bridgehead atoms. The summed E-state index contributed by atoms with van der Waals surface area (Å²) in [5.41, 5.74) is 5.51. The average molecular weight is 342 g/mol. The second-order valence-corrected chi connectivity index (χ2v) is 6.11. The highest BCUT2D eigenvalue weighted by Gasteiger charge is 2.08. The van der Waals surface area contributed by atoms with Gasteiger partial charge in [0.2, 0.25) is 0 Å². The number of benzene rings is 2. The summed E-state index contributed by atoms with van der Waals surface area (Å²) in [5, 5.41) is 14.9. The molecule has 0 saturated carbocycles. The molecule has 0 saturated heterocycles. The lowest BCUT2D eigenvalue weighted by atomic mass is 10.1. The van der Waals surface area contributed by atoms with Crippen LogP contribution in [0.4, 0.5) is 17.1 Å². The third kappa shape index (κ3) is 4.25. The van der Waals surface area contributed by atoms with Gasteiger partial charge in [-0.25, -0.2) is 0 Å². The molecule has 0 aliphatic rings. The van der Waals surface area contributed by atoms with E-state index in [-0.39, 0.29) is 5.91 Å². The molecular weight excluding hydrogens is 324 g/mol. The maximum Gasteiger partial charge on any atom is 0.257 e. The highest BCUT2D eigenvalue weighted by Crippen LogP contribution is 2.19. The number of aryl methyl sites for hydroxylation is 2. The molecular formula is C21H18N4O. The van der Waals surface area contributed by atoms with Crippen LogP contribution in [0.2, 0.25) is 0 Å². The minimum atomic E-state index is -0.217. The lowest BCUT2D eigenvalue weighted by Crippen LogP contribution is -2.12. The lowest BCUT2D eigenvalue weighted by molar-refractivity contribution is 0.102. The Morgan fingerprint density at radius 3 is 2.27 bits per heavy atom. The summed E-state index contributed by atoms with van der Waals surface area (Å²) in [6.45, 7) is 3.98. The third-order valence-electron chi connectivity index (χ3n) is 3.78. The molecule has 2 aromatic carbocycles. The number of rotatable bonds is 4. The van der Waals surface area contributed by atoms with Gasteiger partial charge < -0.3 is 10.6 Å². The first-order valence-corrected chi connectivity index (χ1v) is 8.15. The summed E-state index contributed by atoms with van der Waals surface area (Å²) in [6.07, 6.45) is 3.17. The van der Waals surface area contributed by atoms with Crippen molar-refractivity contribution >= 4 is 23.0 Å². The van der Waals surface area contributed by atoms with E-state index in [0.29, 0.717) is 16.8 Å². The minimum absolute atomic E-state index is 0.217. The van der Waals surface area contributed by atoms with Gasteiger partial charge in [0.25, 0.3) is 5.91 Å². The van der Waals surface area contributed by atoms with Gasteiger partial charge in [-0.1, -0.05) is 6.07 Å². The first-order chi connectivity index (χ1) is 12.5. The second kappa shape index (κ2) is 7.49. The summed E-state index contributed by atoms with van der Waals surface area (Å²) in [5.74, 6) is -0.217. The van der Waals surface area contributed by atoms with E-state index in [0.717, 1.165) is 22.5 Å². The van der Waals surface area contributed by atoms with E-state index >= 15 is 0 Å². The van der Waals surface area contributed by atoms with Crippen LogP contribution < -0.4 is 10.6 Å². The smallest absolute Gasteiger partial charge is 0.257 e. The van der Waals surface area contributed by atoms with Crippen molar-refractivity contribution in [3.63, 3.8) is 0 Å². The molecule has 0 fully saturated rings. The molecule has 1 heterocycles. The number of anilines is 3. The van der Waals surface area contributed by atoms with Crippen molar-refractivity contribution in [3.8, 4) is 6.07 Å². The molecule has 1 amide bonds. The summed E-state index contributed by atoms with van der Waals surface area (Å²) < 4.78 is 0. The van der Waals surface area contributed by atoms with Gasteiger partial charge in [0, 0.05) is 17.6 Å². The van der Waals surface area contributed by atoms with Gasteiger partial charge in [0.1, 0.15) is 0 Å². The molecule has 3 aromatic rings. The second-order valence-electron chi connectivity index (χ2n) is 6.11. The standard InChI is InChI=1S/C21H18N4O/c1-14-7-15(2)9-19(8-14)25-21(26)17-10-20(13-23-12-17)24-18-5-3-16(11-22)4-6-18/h3-10,12-13,24H,1-2H3,(H,25,26). The van der Waals surface area contributed by atoms with Crippen molar-refractivity contribution in [1.82, 2.24) is 4.98 Å². The Morgan fingerprint density at radius 2 is 1.62 bits per heavy atom. The van der Waals surface area contributed by atoms with Crippen LogP contribution in [0, 0.1) is 25.2 Å². The molecule has 0 unspecified atom stereocenters. The maximum absolute atomic E-state index is 12.5. The predicted octanol–water partition coefficient (Wildman–Crippen LogP) is 4.57. The fourth-order valence-electron chi connectivity index (χ4n) is 2.68. The molecule has 0 aliphatic heterocycles. The van der Waals surface area contributed by atoms with Crippen LogP contribution in [0.1, 0.15) is 27.0 Å². The first-order valence-electron chi connectivity index (χ1n) is 8.15. The Morgan fingerprint density at radius 1 is 0.923 bits per heavy atom. The number of carbonyl (C=O) groups is 1. The zero-order valence-electron chi connectivity index (χ0n) is 14.6. The van der Waals surface area contributed by atoms with Crippen LogP contribution >= 0.6 is 0 Å². The zero-order valence-corrected chi connectivity index (χ0v) is 14.6. The Hall–Kier alpha value is -3.65. The van der Waals surface area contributed by atoms with Crippen LogP contribution in [0.25, 0.3) is 0 Å². The van der Waals surface area contributed by atoms with Gasteiger partial charge in [0.05, 0.1) is 29.1 Å². The van der Waals surface area contributed by atoms with Crippen molar-refractivity contribution in [2.45, 2.75) is 13.8 Å². The number of hydrogen-bond acceptors (Lipinski definition) is 4. The van der Waals surface area contributed by atoms with Crippen molar-refractivity contribution in [1.29, 1.82) is 5.26 Å². The first kappa shape index (κ1) is 17.2. The number of nitrogens with zero attached hydrogens (tertiary/aromatic N) is 2. The fraction of sp³-hybridized carbons (Fsp3) is 0.0952. The van der Waals surface area contributed by atoms with E-state index < -0.39 is 0 Å². The summed E-state index contributed by atoms with van der Waals surface area (Å²) in [7, 11) is 0.